The molecule has 0 aliphatic carbocycles. The van der Waals surface area contributed by atoms with Crippen LogP contribution in [0.1, 0.15) is 16.1 Å². The van der Waals surface area contributed by atoms with Gasteiger partial charge in [-0.3, -0.25) is 9.89 Å². The Balaban J connectivity index is 2.25. The number of anilines is 2. The van der Waals surface area contributed by atoms with Crippen molar-refractivity contribution in [2.24, 2.45) is 0 Å². The zero-order chi connectivity index (χ0) is 13.3. The molecule has 0 saturated carbocycles. The SMILES string of the molecule is Cc1[nH]nc(NC(=O)c2ccc(F)cc2I)c1N. The smallest absolute Gasteiger partial charge is 0.257 e. The molecule has 0 unspecified atom stereocenters. The number of rotatable bonds is 2. The fourth-order valence-electron chi connectivity index (χ4n) is 1.38. The molecular weight excluding hydrogens is 350 g/mol. The first-order chi connectivity index (χ1) is 8.49. The standard InChI is InChI=1S/C11H10FIN4O/c1-5-9(14)10(17-16-5)15-11(18)7-3-2-6(12)4-8(7)13/h2-4H,14H2,1H3,(H2,15,16,17,18). The first kappa shape index (κ1) is 12.8. The van der Waals surface area contributed by atoms with Crippen LogP contribution in [-0.4, -0.2) is 16.1 Å². The Hall–Kier alpha value is -1.64. The number of benzene rings is 1. The quantitative estimate of drug-likeness (QED) is 0.719. The highest BCUT2D eigenvalue weighted by atomic mass is 127. The Morgan fingerprint density at radius 3 is 2.83 bits per heavy atom. The maximum atomic E-state index is 12.9. The number of halogens is 2. The summed E-state index contributed by atoms with van der Waals surface area (Å²) in [5, 5.41) is 9.11. The third kappa shape index (κ3) is 2.45. The highest BCUT2D eigenvalue weighted by Crippen LogP contribution is 2.20. The lowest BCUT2D eigenvalue weighted by atomic mass is 10.2. The molecule has 0 bridgehead atoms. The van der Waals surface area contributed by atoms with Gasteiger partial charge >= 0.3 is 0 Å². The molecule has 0 fully saturated rings. The molecule has 0 aliphatic heterocycles. The summed E-state index contributed by atoms with van der Waals surface area (Å²) >= 11 is 1.90. The van der Waals surface area contributed by atoms with Crippen molar-refractivity contribution in [3.63, 3.8) is 0 Å². The van der Waals surface area contributed by atoms with Gasteiger partial charge in [0, 0.05) is 3.57 Å². The van der Waals surface area contributed by atoms with Crippen molar-refractivity contribution in [2.45, 2.75) is 6.92 Å². The number of aromatic nitrogens is 2. The number of nitrogen functional groups attached to an aromatic ring is 1. The van der Waals surface area contributed by atoms with Crippen LogP contribution in [0.2, 0.25) is 0 Å². The molecule has 7 heteroatoms. The molecule has 5 nitrogen and oxygen atoms in total. The van der Waals surface area contributed by atoms with E-state index in [1.807, 2.05) is 22.6 Å². The minimum atomic E-state index is -0.383. The molecule has 0 saturated heterocycles. The molecule has 4 N–H and O–H groups in total. The number of aryl methyl sites for hydroxylation is 1. The summed E-state index contributed by atoms with van der Waals surface area (Å²) in [7, 11) is 0. The summed E-state index contributed by atoms with van der Waals surface area (Å²) in [4.78, 5) is 12.0. The van der Waals surface area contributed by atoms with Crippen LogP contribution in [0, 0.1) is 16.3 Å². The molecular formula is C11H10FIN4O. The van der Waals surface area contributed by atoms with Gasteiger partial charge in [-0.2, -0.15) is 5.10 Å². The first-order valence-electron chi connectivity index (χ1n) is 5.06. The number of aromatic amines is 1. The van der Waals surface area contributed by atoms with E-state index in [1.54, 1.807) is 6.92 Å². The molecule has 1 aromatic carbocycles. The van der Waals surface area contributed by atoms with Crippen molar-refractivity contribution in [3.8, 4) is 0 Å². The molecule has 0 aliphatic rings. The Kier molecular flexibility index (Phi) is 3.50. The third-order valence-electron chi connectivity index (χ3n) is 2.40. The number of H-pyrrole nitrogens is 1. The van der Waals surface area contributed by atoms with Gasteiger partial charge < -0.3 is 11.1 Å². The molecule has 0 atom stereocenters. The maximum absolute atomic E-state index is 12.9. The molecule has 94 valence electrons. The van der Waals surface area contributed by atoms with Crippen LogP contribution >= 0.6 is 22.6 Å². The zero-order valence-electron chi connectivity index (χ0n) is 9.42. The third-order valence-corrected chi connectivity index (χ3v) is 3.29. The Morgan fingerprint density at radius 1 is 1.56 bits per heavy atom. The second kappa shape index (κ2) is 4.92. The van der Waals surface area contributed by atoms with Crippen LogP contribution in [-0.2, 0) is 0 Å². The number of nitrogens with zero attached hydrogens (tertiary/aromatic N) is 1. The van der Waals surface area contributed by atoms with E-state index in [1.165, 1.54) is 18.2 Å². The summed E-state index contributed by atoms with van der Waals surface area (Å²) in [5.74, 6) is -0.485. The fraction of sp³-hybridized carbons (Fsp3) is 0.0909. The number of nitrogens with two attached hydrogens (primary N) is 1. The van der Waals surface area contributed by atoms with E-state index in [-0.39, 0.29) is 17.5 Å². The Labute approximate surface area is 116 Å². The summed E-state index contributed by atoms with van der Waals surface area (Å²) < 4.78 is 13.5. The summed E-state index contributed by atoms with van der Waals surface area (Å²) in [6.07, 6.45) is 0. The van der Waals surface area contributed by atoms with Gasteiger partial charge in [-0.15, -0.1) is 0 Å². The summed E-state index contributed by atoms with van der Waals surface area (Å²) in [6.45, 7) is 1.75. The highest BCUT2D eigenvalue weighted by molar-refractivity contribution is 14.1. The second-order valence-corrected chi connectivity index (χ2v) is 4.85. The molecule has 1 heterocycles. The van der Waals surface area contributed by atoms with E-state index >= 15 is 0 Å². The number of hydrogen-bond donors (Lipinski definition) is 3. The van der Waals surface area contributed by atoms with Crippen molar-refractivity contribution in [3.05, 3.63) is 38.8 Å². The molecule has 18 heavy (non-hydrogen) atoms. The van der Waals surface area contributed by atoms with E-state index in [4.69, 9.17) is 5.73 Å². The maximum Gasteiger partial charge on any atom is 0.257 e. The van der Waals surface area contributed by atoms with Crippen molar-refractivity contribution in [2.75, 3.05) is 11.1 Å². The van der Waals surface area contributed by atoms with Gasteiger partial charge in [0.1, 0.15) is 5.82 Å². The van der Waals surface area contributed by atoms with Gasteiger partial charge in [-0.25, -0.2) is 4.39 Å². The van der Waals surface area contributed by atoms with Gasteiger partial charge in [-0.05, 0) is 47.7 Å². The number of nitrogens with one attached hydrogen (secondary N) is 2. The minimum absolute atomic E-state index is 0.276. The predicted molar refractivity (Wildman–Crippen MR) is 74.8 cm³/mol. The van der Waals surface area contributed by atoms with Gasteiger partial charge in [0.2, 0.25) is 0 Å². The van der Waals surface area contributed by atoms with Gasteiger partial charge in [0.15, 0.2) is 5.82 Å². The lowest BCUT2D eigenvalue weighted by Gasteiger charge is -2.05. The zero-order valence-corrected chi connectivity index (χ0v) is 11.6. The predicted octanol–water partition coefficient (Wildman–Crippen LogP) is 2.30. The molecule has 1 aromatic heterocycles. The van der Waals surface area contributed by atoms with Crippen molar-refractivity contribution in [1.82, 2.24) is 10.2 Å². The van der Waals surface area contributed by atoms with Crippen molar-refractivity contribution in [1.29, 1.82) is 0 Å². The van der Waals surface area contributed by atoms with Gasteiger partial charge in [0.25, 0.3) is 5.91 Å². The molecule has 0 radical (unpaired) electrons. The van der Waals surface area contributed by atoms with Crippen LogP contribution in [0.5, 0.6) is 0 Å². The number of hydrogen-bond acceptors (Lipinski definition) is 3. The number of amides is 1. The van der Waals surface area contributed by atoms with Crippen LogP contribution < -0.4 is 11.1 Å². The average Bonchev–Trinajstić information content (AvgIpc) is 2.61. The van der Waals surface area contributed by atoms with Gasteiger partial charge in [0.05, 0.1) is 16.9 Å². The van der Waals surface area contributed by atoms with E-state index in [0.29, 0.717) is 20.5 Å². The van der Waals surface area contributed by atoms with Crippen LogP contribution in [0.25, 0.3) is 0 Å². The lowest BCUT2D eigenvalue weighted by Crippen LogP contribution is -2.14. The van der Waals surface area contributed by atoms with Crippen LogP contribution in [0.15, 0.2) is 18.2 Å². The normalized spacial score (nSPS) is 10.4. The summed E-state index contributed by atoms with van der Waals surface area (Å²) in [6, 6.07) is 3.94. The monoisotopic (exact) mass is 360 g/mol. The van der Waals surface area contributed by atoms with E-state index < -0.39 is 0 Å². The molecule has 0 spiro atoms. The van der Waals surface area contributed by atoms with E-state index in [9.17, 15) is 9.18 Å². The molecule has 2 rings (SSSR count). The summed E-state index contributed by atoms with van der Waals surface area (Å²) in [5.41, 5.74) is 7.16. The fourth-order valence-corrected chi connectivity index (χ4v) is 2.10. The van der Waals surface area contributed by atoms with Crippen molar-refractivity contribution >= 4 is 40.0 Å². The van der Waals surface area contributed by atoms with E-state index in [2.05, 4.69) is 15.5 Å². The van der Waals surface area contributed by atoms with Crippen LogP contribution in [0.4, 0.5) is 15.9 Å². The minimum Gasteiger partial charge on any atom is -0.394 e. The van der Waals surface area contributed by atoms with Crippen LogP contribution in [0.3, 0.4) is 0 Å². The molecule has 1 amide bonds. The average molecular weight is 360 g/mol. The van der Waals surface area contributed by atoms with Crippen molar-refractivity contribution < 1.29 is 9.18 Å². The lowest BCUT2D eigenvalue weighted by molar-refractivity contribution is 0.102. The largest absolute Gasteiger partial charge is 0.394 e. The molecule has 2 aromatic rings. The van der Waals surface area contributed by atoms with E-state index in [0.717, 1.165) is 0 Å². The number of carbonyl (C=O) groups is 1. The Morgan fingerprint density at radius 2 is 2.28 bits per heavy atom. The first-order valence-corrected chi connectivity index (χ1v) is 6.13. The van der Waals surface area contributed by atoms with Gasteiger partial charge in [-0.1, -0.05) is 0 Å². The second-order valence-electron chi connectivity index (χ2n) is 3.69. The topological polar surface area (TPSA) is 83.8 Å². The number of carbonyl (C=O) groups excluding carboxylic acids is 1. The Bertz CT molecular complexity index is 611. The highest BCUT2D eigenvalue weighted by Gasteiger charge is 2.14.